The fourth-order valence-corrected chi connectivity index (χ4v) is 2.05. The largest absolute Gasteiger partial charge is 0.373 e. The average molecular weight is 263 g/mol. The first kappa shape index (κ1) is 13.4. The van der Waals surface area contributed by atoms with E-state index in [9.17, 15) is 8.78 Å². The normalized spacial score (nSPS) is 10.5. The minimum absolute atomic E-state index is 0.0927. The zero-order chi connectivity index (χ0) is 13.8. The zero-order valence-corrected chi connectivity index (χ0v) is 10.9. The topological polar surface area (TPSA) is 37.8 Å². The number of benzene rings is 1. The smallest absolute Gasteiger partial charge is 0.135 e. The lowest BCUT2D eigenvalue weighted by Crippen LogP contribution is -2.05. The van der Waals surface area contributed by atoms with E-state index in [4.69, 9.17) is 0 Å². The Labute approximate surface area is 110 Å². The maximum atomic E-state index is 13.9. The van der Waals surface area contributed by atoms with Gasteiger partial charge in [-0.25, -0.2) is 18.7 Å². The number of anilines is 1. The van der Waals surface area contributed by atoms with Gasteiger partial charge in [-0.2, -0.15) is 0 Å². The van der Waals surface area contributed by atoms with Crippen LogP contribution in [0.2, 0.25) is 0 Å². The van der Waals surface area contributed by atoms with Crippen LogP contribution in [0.25, 0.3) is 11.3 Å². The molecule has 0 amide bonds. The number of aromatic nitrogens is 2. The van der Waals surface area contributed by atoms with Gasteiger partial charge in [0.1, 0.15) is 23.8 Å². The summed E-state index contributed by atoms with van der Waals surface area (Å²) in [5.74, 6) is -0.620. The molecule has 19 heavy (non-hydrogen) atoms. The first-order valence-corrected chi connectivity index (χ1v) is 6.15. The van der Waals surface area contributed by atoms with E-state index in [2.05, 4.69) is 15.3 Å². The Hall–Kier alpha value is -2.04. The summed E-state index contributed by atoms with van der Waals surface area (Å²) in [7, 11) is 1.73. The highest BCUT2D eigenvalue weighted by atomic mass is 19.1. The Morgan fingerprint density at radius 3 is 2.42 bits per heavy atom. The first-order chi connectivity index (χ1) is 9.19. The van der Waals surface area contributed by atoms with Gasteiger partial charge in [-0.3, -0.25) is 0 Å². The van der Waals surface area contributed by atoms with Crippen molar-refractivity contribution in [3.05, 3.63) is 41.7 Å². The van der Waals surface area contributed by atoms with Crippen molar-refractivity contribution in [2.75, 3.05) is 12.4 Å². The average Bonchev–Trinajstić information content (AvgIpc) is 2.40. The summed E-state index contributed by atoms with van der Waals surface area (Å²) in [6.45, 7) is 1.99. The number of halogens is 2. The molecular weight excluding hydrogens is 248 g/mol. The van der Waals surface area contributed by atoms with Gasteiger partial charge in [0.2, 0.25) is 0 Å². The van der Waals surface area contributed by atoms with Gasteiger partial charge in [0.15, 0.2) is 0 Å². The molecule has 2 aromatic rings. The molecule has 0 saturated heterocycles. The molecule has 1 aromatic heterocycles. The predicted molar refractivity (Wildman–Crippen MR) is 70.9 cm³/mol. The van der Waals surface area contributed by atoms with Gasteiger partial charge in [0, 0.05) is 12.6 Å². The Balaban J connectivity index is 2.68. The molecule has 1 aromatic carbocycles. The van der Waals surface area contributed by atoms with Gasteiger partial charge in [0.25, 0.3) is 0 Å². The maximum absolute atomic E-state index is 13.9. The summed E-state index contributed by atoms with van der Waals surface area (Å²) in [6.07, 6.45) is 2.80. The molecule has 0 fully saturated rings. The highest BCUT2D eigenvalue weighted by Crippen LogP contribution is 2.30. The minimum atomic E-state index is -0.613. The summed E-state index contributed by atoms with van der Waals surface area (Å²) >= 11 is 0. The fraction of sp³-hybridized carbons (Fsp3) is 0.286. The second kappa shape index (κ2) is 5.73. The molecule has 0 unspecified atom stereocenters. The van der Waals surface area contributed by atoms with Gasteiger partial charge in [-0.15, -0.1) is 0 Å². The Morgan fingerprint density at radius 2 is 1.84 bits per heavy atom. The van der Waals surface area contributed by atoms with Crippen molar-refractivity contribution in [2.45, 2.75) is 19.8 Å². The van der Waals surface area contributed by atoms with Crippen LogP contribution in [0.15, 0.2) is 24.5 Å². The third kappa shape index (κ3) is 2.54. The molecule has 0 saturated carbocycles. The molecule has 0 spiro atoms. The van der Waals surface area contributed by atoms with Crippen molar-refractivity contribution in [1.82, 2.24) is 9.97 Å². The molecule has 3 nitrogen and oxygen atoms in total. The molecule has 0 aliphatic heterocycles. The number of hydrogen-bond donors (Lipinski definition) is 1. The van der Waals surface area contributed by atoms with Crippen LogP contribution < -0.4 is 5.32 Å². The summed E-state index contributed by atoms with van der Waals surface area (Å²) < 4.78 is 27.7. The summed E-state index contributed by atoms with van der Waals surface area (Å²) in [6, 6.07) is 3.80. The molecule has 2 rings (SSSR count). The number of hydrogen-bond acceptors (Lipinski definition) is 3. The summed E-state index contributed by atoms with van der Waals surface area (Å²) in [5.41, 5.74) is 0.957. The third-order valence-corrected chi connectivity index (χ3v) is 2.88. The van der Waals surface area contributed by atoms with Crippen LogP contribution in [0.4, 0.5) is 14.6 Å². The van der Waals surface area contributed by atoms with Crippen LogP contribution in [-0.4, -0.2) is 17.0 Å². The standard InChI is InChI=1S/C14H15F2N3/c1-3-5-9-13(18-8-19-14(9)17-2)12-10(15)6-4-7-11(12)16/h4,6-8H,3,5H2,1-2H3,(H,17,18,19). The van der Waals surface area contributed by atoms with E-state index in [1.807, 2.05) is 6.92 Å². The highest BCUT2D eigenvalue weighted by Gasteiger charge is 2.18. The SMILES string of the molecule is CCCc1c(NC)ncnc1-c1c(F)cccc1F. The van der Waals surface area contributed by atoms with Crippen LogP contribution in [-0.2, 0) is 6.42 Å². The van der Waals surface area contributed by atoms with Crippen molar-refractivity contribution < 1.29 is 8.78 Å². The lowest BCUT2D eigenvalue weighted by molar-refractivity contribution is 0.588. The molecule has 0 bridgehead atoms. The highest BCUT2D eigenvalue weighted by molar-refractivity contribution is 5.69. The molecule has 0 aliphatic carbocycles. The Morgan fingerprint density at radius 1 is 1.16 bits per heavy atom. The van der Waals surface area contributed by atoms with Crippen LogP contribution in [0.3, 0.4) is 0 Å². The summed E-state index contributed by atoms with van der Waals surface area (Å²) in [4.78, 5) is 8.16. The summed E-state index contributed by atoms with van der Waals surface area (Å²) in [5, 5.41) is 2.93. The maximum Gasteiger partial charge on any atom is 0.135 e. The van der Waals surface area contributed by atoms with Crippen molar-refractivity contribution in [1.29, 1.82) is 0 Å². The number of nitrogens with one attached hydrogen (secondary N) is 1. The fourth-order valence-electron chi connectivity index (χ4n) is 2.05. The van der Waals surface area contributed by atoms with Crippen LogP contribution in [0.1, 0.15) is 18.9 Å². The molecule has 0 atom stereocenters. The zero-order valence-electron chi connectivity index (χ0n) is 10.9. The van der Waals surface area contributed by atoms with E-state index in [0.29, 0.717) is 17.9 Å². The van der Waals surface area contributed by atoms with Gasteiger partial charge >= 0.3 is 0 Å². The van der Waals surface area contributed by atoms with Crippen LogP contribution in [0.5, 0.6) is 0 Å². The lowest BCUT2D eigenvalue weighted by Gasteiger charge is -2.13. The van der Waals surface area contributed by atoms with Crippen LogP contribution in [0, 0.1) is 11.6 Å². The van der Waals surface area contributed by atoms with Gasteiger partial charge < -0.3 is 5.32 Å². The lowest BCUT2D eigenvalue weighted by atomic mass is 10.0. The predicted octanol–water partition coefficient (Wildman–Crippen LogP) is 3.42. The number of rotatable bonds is 4. The van der Waals surface area contributed by atoms with E-state index >= 15 is 0 Å². The molecule has 0 radical (unpaired) electrons. The second-order valence-electron chi connectivity index (χ2n) is 4.15. The van der Waals surface area contributed by atoms with Crippen LogP contribution >= 0.6 is 0 Å². The number of nitrogens with zero attached hydrogens (tertiary/aromatic N) is 2. The van der Waals surface area contributed by atoms with E-state index in [1.165, 1.54) is 24.5 Å². The van der Waals surface area contributed by atoms with E-state index in [-0.39, 0.29) is 5.56 Å². The molecule has 1 N–H and O–H groups in total. The molecule has 100 valence electrons. The Bertz CT molecular complexity index is 565. The first-order valence-electron chi connectivity index (χ1n) is 6.15. The monoisotopic (exact) mass is 263 g/mol. The third-order valence-electron chi connectivity index (χ3n) is 2.88. The molecule has 5 heteroatoms. The van der Waals surface area contributed by atoms with E-state index in [0.717, 1.165) is 12.0 Å². The van der Waals surface area contributed by atoms with Gasteiger partial charge in [-0.05, 0) is 18.6 Å². The minimum Gasteiger partial charge on any atom is -0.373 e. The molecule has 1 heterocycles. The van der Waals surface area contributed by atoms with Gasteiger partial charge in [0.05, 0.1) is 11.3 Å². The van der Waals surface area contributed by atoms with E-state index in [1.54, 1.807) is 7.05 Å². The van der Waals surface area contributed by atoms with Crippen molar-refractivity contribution in [2.24, 2.45) is 0 Å². The van der Waals surface area contributed by atoms with E-state index < -0.39 is 11.6 Å². The molecule has 0 aliphatic rings. The Kier molecular flexibility index (Phi) is 4.04. The second-order valence-corrected chi connectivity index (χ2v) is 4.15. The van der Waals surface area contributed by atoms with Crippen molar-refractivity contribution in [3.8, 4) is 11.3 Å². The quantitative estimate of drug-likeness (QED) is 0.918. The van der Waals surface area contributed by atoms with Crippen molar-refractivity contribution in [3.63, 3.8) is 0 Å². The molecular formula is C14H15F2N3. The van der Waals surface area contributed by atoms with Crippen molar-refractivity contribution >= 4 is 5.82 Å². The van der Waals surface area contributed by atoms with Gasteiger partial charge in [-0.1, -0.05) is 19.4 Å².